The maximum atomic E-state index is 14.2. The normalized spacial score (nSPS) is 15.0. The molecule has 6 nitrogen and oxygen atoms in total. The molecule has 1 fully saturated rings. The second kappa shape index (κ2) is 14.0. The summed E-state index contributed by atoms with van der Waals surface area (Å²) >= 11 is 7.10. The van der Waals surface area contributed by atoms with Gasteiger partial charge in [0.2, 0.25) is 0 Å². The topological polar surface area (TPSA) is 69.3 Å². The van der Waals surface area contributed by atoms with Crippen LogP contribution in [0.15, 0.2) is 114 Å². The van der Waals surface area contributed by atoms with Crippen LogP contribution in [0.1, 0.15) is 28.3 Å². The molecule has 5 aromatic rings. The van der Waals surface area contributed by atoms with E-state index in [1.807, 2.05) is 42.5 Å². The number of piperazine rings is 1. The molecule has 0 N–H and O–H groups in total. The zero-order chi connectivity index (χ0) is 33.8. The Morgan fingerprint density at radius 3 is 1.98 bits per heavy atom. The van der Waals surface area contributed by atoms with Gasteiger partial charge in [-0.2, -0.15) is 18.4 Å². The molecule has 0 spiro atoms. The molecular formula is C37H28ClF3N4O2S. The number of halogens is 4. The highest BCUT2D eigenvalue weighted by molar-refractivity contribution is 7.07. The van der Waals surface area contributed by atoms with Crippen molar-refractivity contribution in [1.29, 1.82) is 5.26 Å². The van der Waals surface area contributed by atoms with Crippen molar-refractivity contribution in [2.75, 3.05) is 26.2 Å². The Kier molecular flexibility index (Phi) is 9.64. The molecule has 0 unspecified atom stereocenters. The molecule has 0 atom stereocenters. The largest absolute Gasteiger partial charge is 0.418 e. The van der Waals surface area contributed by atoms with Gasteiger partial charge >= 0.3 is 6.18 Å². The molecular weight excluding hydrogens is 657 g/mol. The van der Waals surface area contributed by atoms with Crippen LogP contribution >= 0.6 is 22.9 Å². The van der Waals surface area contributed by atoms with E-state index in [4.69, 9.17) is 11.6 Å². The van der Waals surface area contributed by atoms with Gasteiger partial charge in [-0.05, 0) is 41.0 Å². The molecule has 242 valence electrons. The molecule has 1 aromatic heterocycles. The summed E-state index contributed by atoms with van der Waals surface area (Å²) < 4.78 is 43.2. The number of nitriles is 1. The Morgan fingerprint density at radius 2 is 1.40 bits per heavy atom. The third kappa shape index (κ3) is 6.71. The van der Waals surface area contributed by atoms with Crippen LogP contribution in [0.5, 0.6) is 0 Å². The lowest BCUT2D eigenvalue weighted by Crippen LogP contribution is -2.50. The van der Waals surface area contributed by atoms with E-state index in [1.165, 1.54) is 23.1 Å². The molecule has 1 amide bonds. The highest BCUT2D eigenvalue weighted by Crippen LogP contribution is 2.33. The standard InChI is InChI=1S/C37H28ClF3N4O2S/c38-30-17-9-7-15-27(30)23-32-35(47)45(31-18-10-8-16-29(31)37(39,40)41)36(48-32)28(24-42)34(46)44-21-19-43(20-22-44)33(25-11-3-1-4-12-25)26-13-5-2-6-14-26/h1-18,23,33H,19-22H2. The molecule has 4 aromatic carbocycles. The van der Waals surface area contributed by atoms with Gasteiger partial charge < -0.3 is 4.90 Å². The monoisotopic (exact) mass is 684 g/mol. The second-order valence-electron chi connectivity index (χ2n) is 11.1. The van der Waals surface area contributed by atoms with E-state index in [-0.39, 0.29) is 28.3 Å². The number of benzene rings is 4. The van der Waals surface area contributed by atoms with Gasteiger partial charge in [0.1, 0.15) is 10.7 Å². The fourth-order valence-corrected chi connectivity index (χ4v) is 7.19. The van der Waals surface area contributed by atoms with E-state index < -0.39 is 34.5 Å². The Morgan fingerprint density at radius 1 is 0.833 bits per heavy atom. The Bertz CT molecular complexity index is 2130. The number of alkyl halides is 3. The summed E-state index contributed by atoms with van der Waals surface area (Å²) in [5, 5.41) is 10.7. The molecule has 48 heavy (non-hydrogen) atoms. The summed E-state index contributed by atoms with van der Waals surface area (Å²) in [6.07, 6.45) is -3.35. The van der Waals surface area contributed by atoms with E-state index in [9.17, 15) is 28.0 Å². The highest BCUT2D eigenvalue weighted by atomic mass is 35.5. The molecule has 11 heteroatoms. The summed E-state index contributed by atoms with van der Waals surface area (Å²) in [5.74, 6) is -0.656. The first-order valence-corrected chi connectivity index (χ1v) is 16.3. The zero-order valence-electron chi connectivity index (χ0n) is 25.4. The Hall–Kier alpha value is -4.95. The summed E-state index contributed by atoms with van der Waals surface area (Å²) in [7, 11) is 0. The summed E-state index contributed by atoms with van der Waals surface area (Å²) in [6.45, 7) is 1.51. The van der Waals surface area contributed by atoms with Crippen LogP contribution in [0.2, 0.25) is 5.02 Å². The van der Waals surface area contributed by atoms with Crippen LogP contribution in [-0.2, 0) is 11.0 Å². The van der Waals surface area contributed by atoms with Crippen LogP contribution in [0.25, 0.3) is 17.3 Å². The number of para-hydroxylation sites is 1. The van der Waals surface area contributed by atoms with Gasteiger partial charge in [0.15, 0.2) is 5.57 Å². The van der Waals surface area contributed by atoms with Crippen molar-refractivity contribution in [3.8, 4) is 11.8 Å². The molecule has 1 saturated heterocycles. The van der Waals surface area contributed by atoms with Crippen molar-refractivity contribution in [2.45, 2.75) is 12.2 Å². The minimum absolute atomic E-state index is 0.0222. The lowest BCUT2D eigenvalue weighted by atomic mass is 9.96. The lowest BCUT2D eigenvalue weighted by molar-refractivity contribution is -0.137. The van der Waals surface area contributed by atoms with Crippen molar-refractivity contribution in [3.63, 3.8) is 0 Å². The second-order valence-corrected chi connectivity index (χ2v) is 12.6. The maximum absolute atomic E-state index is 14.2. The van der Waals surface area contributed by atoms with Crippen molar-refractivity contribution >= 4 is 40.5 Å². The Labute approximate surface area is 283 Å². The molecule has 0 aliphatic carbocycles. The summed E-state index contributed by atoms with van der Waals surface area (Å²) in [5.41, 5.74) is -0.0927. The average molecular weight is 685 g/mol. The first kappa shape index (κ1) is 33.0. The summed E-state index contributed by atoms with van der Waals surface area (Å²) in [6, 6.07) is 33.2. The van der Waals surface area contributed by atoms with Crippen molar-refractivity contribution in [2.24, 2.45) is 0 Å². The van der Waals surface area contributed by atoms with Crippen molar-refractivity contribution in [3.05, 3.63) is 156 Å². The van der Waals surface area contributed by atoms with Crippen LogP contribution in [0.4, 0.5) is 13.2 Å². The number of thiazole rings is 1. The number of carbonyl (C=O) groups excluding carboxylic acids is 1. The maximum Gasteiger partial charge on any atom is 0.418 e. The number of carbonyl (C=O) groups is 1. The molecule has 0 saturated carbocycles. The van der Waals surface area contributed by atoms with Gasteiger partial charge in [-0.3, -0.25) is 19.1 Å². The number of nitrogens with zero attached hydrogens (tertiary/aromatic N) is 4. The van der Waals surface area contributed by atoms with E-state index in [1.54, 1.807) is 24.3 Å². The first-order chi connectivity index (χ1) is 23.2. The average Bonchev–Trinajstić information content (AvgIpc) is 3.41. The van der Waals surface area contributed by atoms with Gasteiger partial charge in [-0.15, -0.1) is 11.3 Å². The van der Waals surface area contributed by atoms with Crippen LogP contribution in [0.3, 0.4) is 0 Å². The van der Waals surface area contributed by atoms with E-state index in [0.717, 1.165) is 39.2 Å². The number of aromatic nitrogens is 1. The molecule has 6 rings (SSSR count). The molecule has 1 aliphatic heterocycles. The highest BCUT2D eigenvalue weighted by Gasteiger charge is 2.35. The molecule has 0 bridgehead atoms. The quantitative estimate of drug-likeness (QED) is 0.220. The first-order valence-electron chi connectivity index (χ1n) is 15.1. The summed E-state index contributed by atoms with van der Waals surface area (Å²) in [4.78, 5) is 31.7. The van der Waals surface area contributed by atoms with Crippen molar-refractivity contribution < 1.29 is 18.0 Å². The fraction of sp³-hybridized carbons (Fsp3) is 0.162. The van der Waals surface area contributed by atoms with E-state index >= 15 is 0 Å². The Balaban J connectivity index is 1.42. The number of rotatable bonds is 6. The lowest BCUT2D eigenvalue weighted by Gasteiger charge is -2.39. The minimum atomic E-state index is -4.80. The van der Waals surface area contributed by atoms with Crippen LogP contribution < -0.4 is 14.8 Å². The third-order valence-corrected chi connectivity index (χ3v) is 9.64. The predicted molar refractivity (Wildman–Crippen MR) is 181 cm³/mol. The van der Waals surface area contributed by atoms with Gasteiger partial charge in [-0.1, -0.05) is 103 Å². The molecule has 2 heterocycles. The van der Waals surface area contributed by atoms with Gasteiger partial charge in [0, 0.05) is 31.2 Å². The van der Waals surface area contributed by atoms with Gasteiger partial charge in [0.25, 0.3) is 11.5 Å². The zero-order valence-corrected chi connectivity index (χ0v) is 27.0. The third-order valence-electron chi connectivity index (χ3n) is 8.20. The van der Waals surface area contributed by atoms with Crippen LogP contribution in [-0.4, -0.2) is 46.5 Å². The molecule has 1 aliphatic rings. The minimum Gasteiger partial charge on any atom is -0.335 e. The smallest absolute Gasteiger partial charge is 0.335 e. The van der Waals surface area contributed by atoms with Crippen LogP contribution in [0, 0.1) is 11.3 Å². The fourth-order valence-electron chi connectivity index (χ4n) is 5.92. The predicted octanol–water partition coefficient (Wildman–Crippen LogP) is 6.01. The molecule has 0 radical (unpaired) electrons. The number of amides is 1. The van der Waals surface area contributed by atoms with Gasteiger partial charge in [0.05, 0.1) is 21.8 Å². The van der Waals surface area contributed by atoms with E-state index in [0.29, 0.717) is 23.7 Å². The van der Waals surface area contributed by atoms with Gasteiger partial charge in [-0.25, -0.2) is 0 Å². The van der Waals surface area contributed by atoms with Crippen molar-refractivity contribution in [1.82, 2.24) is 14.4 Å². The number of hydrogen-bond donors (Lipinski definition) is 0. The van der Waals surface area contributed by atoms with E-state index in [2.05, 4.69) is 29.2 Å². The SMILES string of the molecule is N#CC(C(=O)N1CCN(C(c2ccccc2)c2ccccc2)CC1)=c1sc(=Cc2ccccc2Cl)c(=O)n1-c1ccccc1C(F)(F)F. The number of hydrogen-bond acceptors (Lipinski definition) is 5.